The molecule has 33 valence electrons. The van der Waals surface area contributed by atoms with E-state index in [9.17, 15) is 0 Å². The van der Waals surface area contributed by atoms with Gasteiger partial charge in [0.25, 0.3) is 0 Å². The number of aliphatic hydroxyl groups excluding tert-OH is 1. The molecular formula is C5H7O. The van der Waals surface area contributed by atoms with Crippen LogP contribution in [0.15, 0.2) is 0 Å². The van der Waals surface area contributed by atoms with E-state index in [1.54, 1.807) is 0 Å². The van der Waals surface area contributed by atoms with Crippen LogP contribution in [0.25, 0.3) is 0 Å². The Kier molecular flexibility index (Phi) is 4.16. The van der Waals surface area contributed by atoms with E-state index in [2.05, 4.69) is 5.92 Å². The summed E-state index contributed by atoms with van der Waals surface area (Å²) in [6.45, 7) is 1.07. The molecule has 0 aromatic rings. The topological polar surface area (TPSA) is 20.2 Å². The third-order valence-corrected chi connectivity index (χ3v) is 0.418. The molecule has 0 amide bonds. The quantitative estimate of drug-likeness (QED) is 0.389. The first-order chi connectivity index (χ1) is 2.91. The van der Waals surface area contributed by atoms with Crippen molar-refractivity contribution in [2.75, 3.05) is 0 Å². The number of hydrogen-bond acceptors (Lipinski definition) is 1. The van der Waals surface area contributed by atoms with Gasteiger partial charge in [0.05, 0.1) is 6.61 Å². The zero-order valence-electron chi connectivity index (χ0n) is 3.52. The zero-order valence-corrected chi connectivity index (χ0v) is 3.52. The molecule has 0 heterocycles. The van der Waals surface area contributed by atoms with Gasteiger partial charge in [-0.3, -0.25) is 0 Å². The second-order valence-electron chi connectivity index (χ2n) is 0.925. The number of unbranched alkanes of at least 4 members (excludes halogenated alkanes) is 1. The molecule has 0 atom stereocenters. The Bertz CT molecular complexity index is 51.4. The van der Waals surface area contributed by atoms with Crippen LogP contribution in [0.2, 0.25) is 0 Å². The van der Waals surface area contributed by atoms with E-state index in [0.29, 0.717) is 12.8 Å². The first-order valence-electron chi connectivity index (χ1n) is 1.81. The van der Waals surface area contributed by atoms with Gasteiger partial charge in [0.15, 0.2) is 0 Å². The van der Waals surface area contributed by atoms with Crippen LogP contribution in [0, 0.1) is 19.0 Å². The van der Waals surface area contributed by atoms with Gasteiger partial charge in [-0.25, -0.2) is 0 Å². The van der Waals surface area contributed by atoms with Crippen molar-refractivity contribution in [2.24, 2.45) is 0 Å². The maximum absolute atomic E-state index is 7.98. The van der Waals surface area contributed by atoms with Crippen LogP contribution in [0.3, 0.4) is 0 Å². The Morgan fingerprint density at radius 1 is 1.83 bits per heavy atom. The van der Waals surface area contributed by atoms with Gasteiger partial charge < -0.3 is 5.11 Å². The van der Waals surface area contributed by atoms with E-state index in [1.165, 1.54) is 0 Å². The van der Waals surface area contributed by atoms with Crippen LogP contribution >= 0.6 is 0 Å². The summed E-state index contributed by atoms with van der Waals surface area (Å²) in [6, 6.07) is 0. The molecule has 0 aliphatic rings. The van der Waals surface area contributed by atoms with Gasteiger partial charge in [-0.2, -0.15) is 0 Å². The molecule has 0 aliphatic carbocycles. The molecule has 0 saturated heterocycles. The standard InChI is InChI=1S/C5H7O/c1-2-3-4-5-6/h1,5-6H,3-4H2. The molecule has 0 rings (SSSR count). The molecule has 6 heavy (non-hydrogen) atoms. The minimum atomic E-state index is 0.608. The number of terminal acetylenes is 1. The van der Waals surface area contributed by atoms with Gasteiger partial charge in [-0.05, 0) is 6.42 Å². The van der Waals surface area contributed by atoms with Crippen molar-refractivity contribution < 1.29 is 5.11 Å². The summed E-state index contributed by atoms with van der Waals surface area (Å²) in [5.74, 6) is 2.38. The zero-order chi connectivity index (χ0) is 4.83. The fraction of sp³-hybridized carbons (Fsp3) is 0.400. The van der Waals surface area contributed by atoms with Crippen molar-refractivity contribution in [1.29, 1.82) is 0 Å². The minimum absolute atomic E-state index is 0.608. The highest BCUT2D eigenvalue weighted by Gasteiger charge is 1.73. The maximum Gasteiger partial charge on any atom is 0.0808 e. The third kappa shape index (κ3) is 3.52. The molecule has 1 radical (unpaired) electrons. The normalized spacial score (nSPS) is 7.33. The van der Waals surface area contributed by atoms with Gasteiger partial charge >= 0.3 is 0 Å². The van der Waals surface area contributed by atoms with Gasteiger partial charge in [0.1, 0.15) is 0 Å². The van der Waals surface area contributed by atoms with E-state index in [-0.39, 0.29) is 0 Å². The Labute approximate surface area is 38.0 Å². The predicted octanol–water partition coefficient (Wildman–Crippen LogP) is 0.934. The van der Waals surface area contributed by atoms with Crippen LogP contribution in [0.1, 0.15) is 12.8 Å². The first-order valence-corrected chi connectivity index (χ1v) is 1.81. The van der Waals surface area contributed by atoms with Crippen LogP contribution in [-0.2, 0) is 0 Å². The van der Waals surface area contributed by atoms with Crippen molar-refractivity contribution in [3.8, 4) is 12.3 Å². The smallest absolute Gasteiger partial charge is 0.0808 e. The molecule has 0 spiro atoms. The third-order valence-electron chi connectivity index (χ3n) is 0.418. The first kappa shape index (κ1) is 5.52. The van der Waals surface area contributed by atoms with E-state index in [0.717, 1.165) is 6.61 Å². The van der Waals surface area contributed by atoms with Crippen molar-refractivity contribution >= 4 is 0 Å². The monoisotopic (exact) mass is 83.0 g/mol. The van der Waals surface area contributed by atoms with Gasteiger partial charge in [-0.15, -0.1) is 12.3 Å². The number of rotatable bonds is 2. The summed E-state index contributed by atoms with van der Waals surface area (Å²) in [7, 11) is 0. The highest BCUT2D eigenvalue weighted by Crippen LogP contribution is 1.84. The van der Waals surface area contributed by atoms with Crippen LogP contribution in [0.4, 0.5) is 0 Å². The number of aliphatic hydroxyl groups is 1. The fourth-order valence-electron chi connectivity index (χ4n) is 0.148. The largest absolute Gasteiger partial charge is 0.390 e. The highest BCUT2D eigenvalue weighted by atomic mass is 16.2. The molecular weight excluding hydrogens is 76.1 g/mol. The maximum atomic E-state index is 7.98. The van der Waals surface area contributed by atoms with Crippen molar-refractivity contribution in [3.63, 3.8) is 0 Å². The fourth-order valence-corrected chi connectivity index (χ4v) is 0.148. The summed E-state index contributed by atoms with van der Waals surface area (Å²) in [5.41, 5.74) is 0. The van der Waals surface area contributed by atoms with Crippen molar-refractivity contribution in [1.82, 2.24) is 0 Å². The molecule has 0 aromatic heterocycles. The SMILES string of the molecule is C#CCC[CH]O. The van der Waals surface area contributed by atoms with Gasteiger partial charge in [0.2, 0.25) is 0 Å². The second kappa shape index (κ2) is 4.52. The lowest BCUT2D eigenvalue weighted by Crippen LogP contribution is -1.68. The predicted molar refractivity (Wildman–Crippen MR) is 24.3 cm³/mol. The average Bonchev–Trinajstić information content (AvgIpc) is 1.61. The molecule has 1 heteroatoms. The Morgan fingerprint density at radius 3 is 2.67 bits per heavy atom. The Hall–Kier alpha value is -0.480. The Balaban J connectivity index is 2.54. The molecule has 0 aliphatic heterocycles. The van der Waals surface area contributed by atoms with Crippen LogP contribution in [0.5, 0.6) is 0 Å². The molecule has 1 nitrogen and oxygen atoms in total. The molecule has 0 fully saturated rings. The van der Waals surface area contributed by atoms with Crippen molar-refractivity contribution in [2.45, 2.75) is 12.8 Å². The van der Waals surface area contributed by atoms with Crippen LogP contribution in [-0.4, -0.2) is 5.11 Å². The molecule has 0 bridgehead atoms. The molecule has 0 aromatic carbocycles. The van der Waals surface area contributed by atoms with Crippen LogP contribution < -0.4 is 0 Å². The minimum Gasteiger partial charge on any atom is -0.390 e. The Morgan fingerprint density at radius 2 is 2.50 bits per heavy atom. The lowest BCUT2D eigenvalue weighted by atomic mass is 10.3. The van der Waals surface area contributed by atoms with Gasteiger partial charge in [-0.1, -0.05) is 0 Å². The summed E-state index contributed by atoms with van der Waals surface area (Å²) < 4.78 is 0. The number of hydrogen-bond donors (Lipinski definition) is 1. The van der Waals surface area contributed by atoms with E-state index < -0.39 is 0 Å². The molecule has 1 N–H and O–H groups in total. The van der Waals surface area contributed by atoms with Gasteiger partial charge in [0, 0.05) is 6.42 Å². The highest BCUT2D eigenvalue weighted by molar-refractivity contribution is 4.83. The average molecular weight is 83.1 g/mol. The summed E-state index contributed by atoms with van der Waals surface area (Å²) in [6.07, 6.45) is 6.08. The summed E-state index contributed by atoms with van der Waals surface area (Å²) in [4.78, 5) is 0. The summed E-state index contributed by atoms with van der Waals surface area (Å²) >= 11 is 0. The van der Waals surface area contributed by atoms with Crippen molar-refractivity contribution in [3.05, 3.63) is 6.61 Å². The van der Waals surface area contributed by atoms with E-state index >= 15 is 0 Å². The lowest BCUT2D eigenvalue weighted by molar-refractivity contribution is 0.377. The van der Waals surface area contributed by atoms with E-state index in [1.807, 2.05) is 0 Å². The molecule has 0 saturated carbocycles. The summed E-state index contributed by atoms with van der Waals surface area (Å²) in [5, 5.41) is 7.98. The van der Waals surface area contributed by atoms with E-state index in [4.69, 9.17) is 11.5 Å². The lowest BCUT2D eigenvalue weighted by Gasteiger charge is -1.78. The second-order valence-corrected chi connectivity index (χ2v) is 0.925. The molecule has 0 unspecified atom stereocenters.